The van der Waals surface area contributed by atoms with Crippen LogP contribution in [0.1, 0.15) is 28.4 Å². The molecular formula is C24H33FIN5O2. The molecule has 0 saturated heterocycles. The summed E-state index contributed by atoms with van der Waals surface area (Å²) in [6, 6.07) is 13.6. The van der Waals surface area contributed by atoms with Gasteiger partial charge in [0.1, 0.15) is 5.82 Å². The Labute approximate surface area is 212 Å². The summed E-state index contributed by atoms with van der Waals surface area (Å²) in [6.45, 7) is 4.18. The monoisotopic (exact) mass is 569 g/mol. The third-order valence-electron chi connectivity index (χ3n) is 4.59. The average Bonchev–Trinajstić information content (AvgIpc) is 2.76. The minimum Gasteiger partial charge on any atom is -0.357 e. The Morgan fingerprint density at radius 3 is 2.36 bits per heavy atom. The van der Waals surface area contributed by atoms with Crippen LogP contribution in [0.4, 0.5) is 4.39 Å². The van der Waals surface area contributed by atoms with E-state index in [0.29, 0.717) is 49.7 Å². The van der Waals surface area contributed by atoms with Crippen molar-refractivity contribution in [1.29, 1.82) is 0 Å². The highest BCUT2D eigenvalue weighted by molar-refractivity contribution is 14.0. The quantitative estimate of drug-likeness (QED) is 0.178. The molecule has 3 N–H and O–H groups in total. The molecule has 33 heavy (non-hydrogen) atoms. The summed E-state index contributed by atoms with van der Waals surface area (Å²) in [4.78, 5) is 30.2. The molecule has 0 atom stereocenters. The summed E-state index contributed by atoms with van der Waals surface area (Å²) in [5, 5.41) is 9.17. The van der Waals surface area contributed by atoms with E-state index < -0.39 is 0 Å². The maximum Gasteiger partial charge on any atom is 0.253 e. The van der Waals surface area contributed by atoms with Gasteiger partial charge in [-0.2, -0.15) is 0 Å². The van der Waals surface area contributed by atoms with Crippen molar-refractivity contribution in [1.82, 2.24) is 20.9 Å². The number of hydrogen-bond acceptors (Lipinski definition) is 3. The molecule has 9 heteroatoms. The van der Waals surface area contributed by atoms with E-state index >= 15 is 0 Å². The molecule has 2 aromatic rings. The van der Waals surface area contributed by atoms with Crippen molar-refractivity contribution >= 4 is 41.8 Å². The van der Waals surface area contributed by atoms with Crippen molar-refractivity contribution in [3.63, 3.8) is 0 Å². The summed E-state index contributed by atoms with van der Waals surface area (Å²) in [5.41, 5.74) is 2.35. The van der Waals surface area contributed by atoms with Gasteiger partial charge in [0.2, 0.25) is 5.91 Å². The van der Waals surface area contributed by atoms with Crippen LogP contribution >= 0.6 is 24.0 Å². The van der Waals surface area contributed by atoms with Gasteiger partial charge in [0.15, 0.2) is 5.96 Å². The molecular weight excluding hydrogens is 536 g/mol. The van der Waals surface area contributed by atoms with E-state index in [-0.39, 0.29) is 48.0 Å². The third-order valence-corrected chi connectivity index (χ3v) is 4.59. The van der Waals surface area contributed by atoms with Gasteiger partial charge in [-0.15, -0.1) is 24.0 Å². The number of halogens is 2. The van der Waals surface area contributed by atoms with Crippen LogP contribution < -0.4 is 16.0 Å². The van der Waals surface area contributed by atoms with Crippen molar-refractivity contribution in [2.45, 2.75) is 19.8 Å². The number of carbonyl (C=O) groups is 2. The Morgan fingerprint density at radius 2 is 1.67 bits per heavy atom. The molecule has 0 aliphatic carbocycles. The SMILES string of the molecule is CCNC(=NCCc1cccc(C(=O)N(C)C)c1)NCCNC(=O)Cc1cccc(F)c1.I. The zero-order valence-electron chi connectivity index (χ0n) is 19.4. The van der Waals surface area contributed by atoms with Gasteiger partial charge >= 0.3 is 0 Å². The topological polar surface area (TPSA) is 85.8 Å². The summed E-state index contributed by atoms with van der Waals surface area (Å²) < 4.78 is 13.2. The van der Waals surface area contributed by atoms with Crippen molar-refractivity contribution in [3.05, 3.63) is 71.0 Å². The Bertz CT molecular complexity index is 937. The molecule has 0 fully saturated rings. The number of nitrogens with zero attached hydrogens (tertiary/aromatic N) is 2. The van der Waals surface area contributed by atoms with Gasteiger partial charge in [-0.3, -0.25) is 14.6 Å². The lowest BCUT2D eigenvalue weighted by molar-refractivity contribution is -0.120. The summed E-state index contributed by atoms with van der Waals surface area (Å²) in [7, 11) is 3.47. The molecule has 0 unspecified atom stereocenters. The number of rotatable bonds is 10. The highest BCUT2D eigenvalue weighted by Crippen LogP contribution is 2.08. The minimum absolute atomic E-state index is 0. The van der Waals surface area contributed by atoms with E-state index in [9.17, 15) is 14.0 Å². The van der Waals surface area contributed by atoms with Gasteiger partial charge in [-0.25, -0.2) is 4.39 Å². The van der Waals surface area contributed by atoms with Crippen molar-refractivity contribution < 1.29 is 14.0 Å². The molecule has 2 aromatic carbocycles. The van der Waals surface area contributed by atoms with Crippen LogP contribution in [-0.4, -0.2) is 62.9 Å². The number of benzene rings is 2. The minimum atomic E-state index is -0.348. The Balaban J connectivity index is 0.00000544. The lowest BCUT2D eigenvalue weighted by Crippen LogP contribution is -2.41. The standard InChI is InChI=1S/C24H32FN5O2.HI/c1-4-26-24(28-12-11-18-7-5-9-20(15-18)23(32)30(2)3)29-14-13-27-22(31)17-19-8-6-10-21(25)16-19;/h5-10,15-16H,4,11-14,17H2,1-3H3,(H,27,31)(H2,26,28,29);1H. The molecule has 0 bridgehead atoms. The van der Waals surface area contributed by atoms with Gasteiger partial charge in [0.05, 0.1) is 6.42 Å². The van der Waals surface area contributed by atoms with Crippen LogP contribution in [0.15, 0.2) is 53.5 Å². The van der Waals surface area contributed by atoms with Gasteiger partial charge < -0.3 is 20.9 Å². The fraction of sp³-hybridized carbons (Fsp3) is 0.375. The van der Waals surface area contributed by atoms with Crippen LogP contribution in [0, 0.1) is 5.82 Å². The maximum atomic E-state index is 13.2. The van der Waals surface area contributed by atoms with Gasteiger partial charge in [0, 0.05) is 45.8 Å². The first-order valence-corrected chi connectivity index (χ1v) is 10.7. The Hall–Kier alpha value is -2.69. The molecule has 0 spiro atoms. The van der Waals surface area contributed by atoms with E-state index in [1.165, 1.54) is 12.1 Å². The Morgan fingerprint density at radius 1 is 0.970 bits per heavy atom. The molecule has 7 nitrogen and oxygen atoms in total. The smallest absolute Gasteiger partial charge is 0.253 e. The molecule has 0 radical (unpaired) electrons. The second kappa shape index (κ2) is 15.2. The van der Waals surface area contributed by atoms with Crippen LogP contribution in [0.5, 0.6) is 0 Å². The summed E-state index contributed by atoms with van der Waals surface area (Å²) in [6.07, 6.45) is 0.844. The van der Waals surface area contributed by atoms with Crippen molar-refractivity contribution in [2.75, 3.05) is 40.3 Å². The number of aliphatic imine (C=N–C) groups is 1. The number of amides is 2. The molecule has 180 valence electrons. The second-order valence-corrected chi connectivity index (χ2v) is 7.49. The lowest BCUT2D eigenvalue weighted by Gasteiger charge is -2.12. The molecule has 0 saturated carbocycles. The summed E-state index contributed by atoms with van der Waals surface area (Å²) in [5.74, 6) is 0.128. The average molecular weight is 569 g/mol. The number of carbonyl (C=O) groups excluding carboxylic acids is 2. The summed E-state index contributed by atoms with van der Waals surface area (Å²) >= 11 is 0. The molecule has 0 aliphatic heterocycles. The van der Waals surface area contributed by atoms with Crippen molar-refractivity contribution in [3.8, 4) is 0 Å². The maximum absolute atomic E-state index is 13.2. The number of nitrogens with one attached hydrogen (secondary N) is 3. The molecule has 2 rings (SSSR count). The van der Waals surface area contributed by atoms with Crippen LogP contribution in [0.2, 0.25) is 0 Å². The fourth-order valence-corrected chi connectivity index (χ4v) is 3.03. The predicted octanol–water partition coefficient (Wildman–Crippen LogP) is 2.60. The zero-order valence-corrected chi connectivity index (χ0v) is 21.7. The highest BCUT2D eigenvalue weighted by atomic mass is 127. The first-order valence-electron chi connectivity index (χ1n) is 10.7. The van der Waals surface area contributed by atoms with Crippen LogP contribution in [0.25, 0.3) is 0 Å². The predicted molar refractivity (Wildman–Crippen MR) is 141 cm³/mol. The first kappa shape index (κ1) is 28.3. The van der Waals surface area contributed by atoms with E-state index in [2.05, 4.69) is 20.9 Å². The van der Waals surface area contributed by atoms with Gasteiger partial charge in [0.25, 0.3) is 5.91 Å². The second-order valence-electron chi connectivity index (χ2n) is 7.49. The molecule has 2 amide bonds. The molecule has 0 aliphatic rings. The number of hydrogen-bond donors (Lipinski definition) is 3. The largest absolute Gasteiger partial charge is 0.357 e. The first-order chi connectivity index (χ1) is 15.4. The lowest BCUT2D eigenvalue weighted by atomic mass is 10.1. The van der Waals surface area contributed by atoms with E-state index in [1.807, 2.05) is 31.2 Å². The molecule has 0 heterocycles. The zero-order chi connectivity index (χ0) is 23.3. The van der Waals surface area contributed by atoms with Gasteiger partial charge in [-0.05, 0) is 48.7 Å². The van der Waals surface area contributed by atoms with Gasteiger partial charge in [-0.1, -0.05) is 24.3 Å². The van der Waals surface area contributed by atoms with E-state index in [1.54, 1.807) is 31.1 Å². The van der Waals surface area contributed by atoms with E-state index in [4.69, 9.17) is 0 Å². The normalized spacial score (nSPS) is 10.7. The molecule has 0 aromatic heterocycles. The van der Waals surface area contributed by atoms with Crippen LogP contribution in [0.3, 0.4) is 0 Å². The van der Waals surface area contributed by atoms with Crippen LogP contribution in [-0.2, 0) is 17.6 Å². The fourth-order valence-electron chi connectivity index (χ4n) is 3.03. The Kier molecular flexibility index (Phi) is 13.1. The number of guanidine groups is 1. The van der Waals surface area contributed by atoms with Crippen molar-refractivity contribution in [2.24, 2.45) is 4.99 Å². The highest BCUT2D eigenvalue weighted by Gasteiger charge is 2.08. The third kappa shape index (κ3) is 10.6. The van der Waals surface area contributed by atoms with E-state index in [0.717, 1.165) is 5.56 Å².